The second-order valence-corrected chi connectivity index (χ2v) is 7.23. The van der Waals surface area contributed by atoms with E-state index < -0.39 is 42.4 Å². The fraction of sp³-hybridized carbons (Fsp3) is 0.400. The van der Waals surface area contributed by atoms with Crippen molar-refractivity contribution in [2.75, 3.05) is 12.3 Å². The Morgan fingerprint density at radius 3 is 2.48 bits per heavy atom. The lowest BCUT2D eigenvalue weighted by molar-refractivity contribution is -0.139. The van der Waals surface area contributed by atoms with Crippen LogP contribution in [-0.4, -0.2) is 63.5 Å². The Bertz CT molecular complexity index is 694. The first kappa shape index (κ1) is 22.6. The van der Waals surface area contributed by atoms with Crippen LogP contribution in [0.1, 0.15) is 22.5 Å². The van der Waals surface area contributed by atoms with Gasteiger partial charge in [-0.15, -0.1) is 11.3 Å². The molecule has 1 aromatic heterocycles. The van der Waals surface area contributed by atoms with Crippen LogP contribution in [0.3, 0.4) is 0 Å². The zero-order valence-electron chi connectivity index (χ0n) is 14.0. The number of thioether (sulfide) groups is 1. The van der Waals surface area contributed by atoms with Crippen LogP contribution in [-0.2, 0) is 19.2 Å². The number of hydrogen-bond acceptors (Lipinski definition) is 8. The molecule has 12 heteroatoms. The van der Waals surface area contributed by atoms with Gasteiger partial charge in [-0.2, -0.15) is 0 Å². The standard InChI is InChI=1S/C15H19N3O7S2/c16-8(14(23)24)3-4-11(19)18-9(13(22)17-6-12(20)21)7-27-15(25)10-2-1-5-26-10/h1-2,5,8-9H,3-4,6-7,16H2,(H,17,22)(H,18,19)(H,20,21)(H,23,24)/t8-,9-/m0/s1. The molecule has 27 heavy (non-hydrogen) atoms. The first-order chi connectivity index (χ1) is 12.7. The summed E-state index contributed by atoms with van der Waals surface area (Å²) >= 11 is 2.03. The maximum atomic E-state index is 12.1. The lowest BCUT2D eigenvalue weighted by Crippen LogP contribution is -2.49. The van der Waals surface area contributed by atoms with Gasteiger partial charge >= 0.3 is 11.9 Å². The first-order valence-electron chi connectivity index (χ1n) is 7.68. The Hall–Kier alpha value is -2.44. The van der Waals surface area contributed by atoms with Gasteiger partial charge in [0.05, 0.1) is 4.88 Å². The average molecular weight is 417 g/mol. The highest BCUT2D eigenvalue weighted by atomic mass is 32.2. The summed E-state index contributed by atoms with van der Waals surface area (Å²) in [5.74, 6) is -4.02. The van der Waals surface area contributed by atoms with Crippen molar-refractivity contribution in [3.63, 3.8) is 0 Å². The fourth-order valence-electron chi connectivity index (χ4n) is 1.77. The highest BCUT2D eigenvalue weighted by molar-refractivity contribution is 8.14. The lowest BCUT2D eigenvalue weighted by atomic mass is 10.1. The number of carboxylic acid groups (broad SMARTS) is 2. The van der Waals surface area contributed by atoms with Crippen LogP contribution in [0.15, 0.2) is 17.5 Å². The predicted molar refractivity (Wildman–Crippen MR) is 98.5 cm³/mol. The molecular formula is C15H19N3O7S2. The molecule has 0 bridgehead atoms. The third kappa shape index (κ3) is 8.66. The zero-order chi connectivity index (χ0) is 20.4. The van der Waals surface area contributed by atoms with E-state index in [1.807, 2.05) is 0 Å². The summed E-state index contributed by atoms with van der Waals surface area (Å²) in [6, 6.07) is 0.936. The van der Waals surface area contributed by atoms with Crippen molar-refractivity contribution >= 4 is 52.0 Å². The average Bonchev–Trinajstić information content (AvgIpc) is 3.15. The normalized spacial score (nSPS) is 12.6. The lowest BCUT2D eigenvalue weighted by Gasteiger charge is -2.17. The number of thiophene rings is 1. The highest BCUT2D eigenvalue weighted by Crippen LogP contribution is 2.18. The SMILES string of the molecule is N[C@@H](CCC(=O)N[C@@H](CSC(=O)c1cccs1)C(=O)NCC(=O)O)C(=O)O. The number of amides is 2. The van der Waals surface area contributed by atoms with Crippen molar-refractivity contribution in [3.05, 3.63) is 22.4 Å². The fourth-order valence-corrected chi connectivity index (χ4v) is 3.41. The summed E-state index contributed by atoms with van der Waals surface area (Å²) in [5, 5.41) is 23.3. The molecular weight excluding hydrogens is 398 g/mol. The molecule has 0 aliphatic rings. The van der Waals surface area contributed by atoms with Crippen molar-refractivity contribution in [1.82, 2.24) is 10.6 Å². The summed E-state index contributed by atoms with van der Waals surface area (Å²) in [7, 11) is 0. The minimum absolute atomic E-state index is 0.112. The van der Waals surface area contributed by atoms with Gasteiger partial charge in [-0.3, -0.25) is 24.0 Å². The molecule has 0 saturated heterocycles. The van der Waals surface area contributed by atoms with Gasteiger partial charge < -0.3 is 26.6 Å². The van der Waals surface area contributed by atoms with E-state index in [1.165, 1.54) is 11.3 Å². The number of carbonyl (C=O) groups excluding carboxylic acids is 3. The van der Waals surface area contributed by atoms with E-state index in [2.05, 4.69) is 10.6 Å². The number of nitrogens with one attached hydrogen (secondary N) is 2. The molecule has 0 fully saturated rings. The number of aliphatic carboxylic acids is 2. The second kappa shape index (κ2) is 11.3. The van der Waals surface area contributed by atoms with Gasteiger partial charge in [-0.1, -0.05) is 17.8 Å². The quantitative estimate of drug-likeness (QED) is 0.318. The number of rotatable bonds is 11. The number of hydrogen-bond donors (Lipinski definition) is 5. The van der Waals surface area contributed by atoms with E-state index in [-0.39, 0.29) is 23.7 Å². The maximum Gasteiger partial charge on any atom is 0.322 e. The maximum absolute atomic E-state index is 12.1. The molecule has 6 N–H and O–H groups in total. The van der Waals surface area contributed by atoms with Crippen LogP contribution in [0.25, 0.3) is 0 Å². The Morgan fingerprint density at radius 1 is 1.22 bits per heavy atom. The molecule has 0 unspecified atom stereocenters. The minimum Gasteiger partial charge on any atom is -0.480 e. The molecule has 1 heterocycles. The predicted octanol–water partition coefficient (Wildman–Crippen LogP) is -0.501. The van der Waals surface area contributed by atoms with Crippen molar-refractivity contribution in [3.8, 4) is 0 Å². The van der Waals surface area contributed by atoms with Crippen LogP contribution in [0, 0.1) is 0 Å². The minimum atomic E-state index is -1.26. The Morgan fingerprint density at radius 2 is 1.93 bits per heavy atom. The van der Waals surface area contributed by atoms with Gasteiger partial charge in [-0.05, 0) is 17.9 Å². The molecule has 2 atom stereocenters. The zero-order valence-corrected chi connectivity index (χ0v) is 15.7. The topological polar surface area (TPSA) is 176 Å². The van der Waals surface area contributed by atoms with Crippen LogP contribution in [0.4, 0.5) is 0 Å². The van der Waals surface area contributed by atoms with Gasteiger partial charge in [0, 0.05) is 12.2 Å². The summed E-state index contributed by atoms with van der Waals surface area (Å²) in [4.78, 5) is 57.8. The van der Waals surface area contributed by atoms with E-state index in [9.17, 15) is 24.0 Å². The van der Waals surface area contributed by atoms with Gasteiger partial charge in [0.2, 0.25) is 16.9 Å². The van der Waals surface area contributed by atoms with Gasteiger partial charge in [-0.25, -0.2) is 0 Å². The molecule has 0 aliphatic heterocycles. The van der Waals surface area contributed by atoms with Crippen molar-refractivity contribution < 1.29 is 34.2 Å². The van der Waals surface area contributed by atoms with Gasteiger partial charge in [0.1, 0.15) is 18.6 Å². The first-order valence-corrected chi connectivity index (χ1v) is 9.55. The summed E-state index contributed by atoms with van der Waals surface area (Å²) in [6.45, 7) is -0.640. The van der Waals surface area contributed by atoms with Crippen molar-refractivity contribution in [1.29, 1.82) is 0 Å². The molecule has 10 nitrogen and oxygen atoms in total. The van der Waals surface area contributed by atoms with E-state index in [0.29, 0.717) is 4.88 Å². The third-order valence-electron chi connectivity index (χ3n) is 3.17. The van der Waals surface area contributed by atoms with E-state index >= 15 is 0 Å². The van der Waals surface area contributed by atoms with Crippen molar-refractivity contribution in [2.24, 2.45) is 5.73 Å². The summed E-state index contributed by atoms with van der Waals surface area (Å²) < 4.78 is 0. The summed E-state index contributed by atoms with van der Waals surface area (Å²) in [5.41, 5.74) is 5.32. The molecule has 0 spiro atoms. The van der Waals surface area contributed by atoms with E-state index in [4.69, 9.17) is 15.9 Å². The van der Waals surface area contributed by atoms with Crippen LogP contribution < -0.4 is 16.4 Å². The number of carboxylic acids is 2. The second-order valence-electron chi connectivity index (χ2n) is 5.29. The molecule has 1 rings (SSSR count). The molecule has 0 radical (unpaired) electrons. The molecule has 1 aromatic rings. The third-order valence-corrected chi connectivity index (χ3v) is 5.15. The molecule has 0 saturated carbocycles. The molecule has 148 valence electrons. The molecule has 2 amide bonds. The highest BCUT2D eigenvalue weighted by Gasteiger charge is 2.24. The molecule has 0 aliphatic carbocycles. The van der Waals surface area contributed by atoms with E-state index in [1.54, 1.807) is 17.5 Å². The number of carbonyl (C=O) groups is 5. The van der Waals surface area contributed by atoms with E-state index in [0.717, 1.165) is 11.8 Å². The summed E-state index contributed by atoms with van der Waals surface area (Å²) in [6.07, 6.45) is -0.369. The Kier molecular flexibility index (Phi) is 9.47. The molecule has 0 aromatic carbocycles. The van der Waals surface area contributed by atoms with Crippen LogP contribution in [0.5, 0.6) is 0 Å². The smallest absolute Gasteiger partial charge is 0.322 e. The van der Waals surface area contributed by atoms with Crippen LogP contribution in [0.2, 0.25) is 0 Å². The van der Waals surface area contributed by atoms with Crippen molar-refractivity contribution in [2.45, 2.75) is 24.9 Å². The Labute approximate surface area is 162 Å². The monoisotopic (exact) mass is 417 g/mol. The van der Waals surface area contributed by atoms with Gasteiger partial charge in [0.15, 0.2) is 0 Å². The number of nitrogens with two attached hydrogens (primary N) is 1. The van der Waals surface area contributed by atoms with Crippen LogP contribution >= 0.6 is 23.1 Å². The largest absolute Gasteiger partial charge is 0.480 e. The Balaban J connectivity index is 2.64. The van der Waals surface area contributed by atoms with Gasteiger partial charge in [0.25, 0.3) is 0 Å².